The third kappa shape index (κ3) is 8.58. The highest BCUT2D eigenvalue weighted by molar-refractivity contribution is 7.90. The normalized spacial score (nSPS) is 13.5. The Morgan fingerprint density at radius 2 is 1.76 bits per heavy atom. The van der Waals surface area contributed by atoms with Gasteiger partial charge in [-0.2, -0.15) is 0 Å². The first-order valence-corrected chi connectivity index (χ1v) is 17.8. The van der Waals surface area contributed by atoms with Crippen LogP contribution >= 0.6 is 34.8 Å². The van der Waals surface area contributed by atoms with Crippen LogP contribution in [0, 0.1) is 10.1 Å². The molecule has 18 heteroatoms. The molecule has 0 radical (unpaired) electrons. The smallest absolute Gasteiger partial charge is 0.293 e. The predicted molar refractivity (Wildman–Crippen MR) is 190 cm³/mol. The molecule has 6 rings (SSSR count). The van der Waals surface area contributed by atoms with Gasteiger partial charge in [-0.25, -0.2) is 18.1 Å². The second kappa shape index (κ2) is 15.6. The number of ether oxygens (including phenoxy) is 2. The number of aromatic nitrogens is 2. The minimum Gasteiger partial charge on any atom is -0.439 e. The number of rotatable bonds is 12. The number of nitro benzene ring substituents is 1. The van der Waals surface area contributed by atoms with Gasteiger partial charge in [0.05, 0.1) is 38.6 Å². The number of carbonyl (C=O) groups excluding carboxylic acids is 1. The number of morpholine rings is 1. The van der Waals surface area contributed by atoms with Gasteiger partial charge in [0.25, 0.3) is 21.6 Å². The number of nitrogens with zero attached hydrogens (tertiary/aromatic N) is 4. The number of carbonyl (C=O) groups is 1. The number of pyridine rings is 1. The van der Waals surface area contributed by atoms with Crippen molar-refractivity contribution in [3.63, 3.8) is 0 Å². The summed E-state index contributed by atoms with van der Waals surface area (Å²) in [4.78, 5) is 30.8. The maximum absolute atomic E-state index is 13.6. The Morgan fingerprint density at radius 3 is 2.47 bits per heavy atom. The second-order valence-electron chi connectivity index (χ2n) is 11.1. The van der Waals surface area contributed by atoms with Crippen LogP contribution in [0.1, 0.15) is 10.5 Å². The zero-order valence-electron chi connectivity index (χ0n) is 26.3. The van der Waals surface area contributed by atoms with Crippen LogP contribution in [-0.2, 0) is 14.8 Å². The Balaban J connectivity index is 1.26. The van der Waals surface area contributed by atoms with Crippen LogP contribution < -0.4 is 14.8 Å². The molecule has 51 heavy (non-hydrogen) atoms. The first kappa shape index (κ1) is 36.0. The summed E-state index contributed by atoms with van der Waals surface area (Å²) in [6.45, 7) is 3.67. The number of benzene rings is 3. The van der Waals surface area contributed by atoms with Gasteiger partial charge in [0.15, 0.2) is 11.5 Å². The van der Waals surface area contributed by atoms with Gasteiger partial charge in [-0.15, -0.1) is 0 Å². The largest absolute Gasteiger partial charge is 0.439 e. The van der Waals surface area contributed by atoms with E-state index in [2.05, 4.69) is 20.4 Å². The summed E-state index contributed by atoms with van der Waals surface area (Å²) >= 11 is 18.5. The maximum Gasteiger partial charge on any atom is 0.293 e. The molecule has 1 aliphatic heterocycles. The number of hydrogen-bond acceptors (Lipinski definition) is 12. The van der Waals surface area contributed by atoms with Gasteiger partial charge >= 0.3 is 0 Å². The number of halogens is 3. The molecule has 1 fully saturated rings. The average Bonchev–Trinajstić information content (AvgIpc) is 3.56. The van der Waals surface area contributed by atoms with E-state index in [0.29, 0.717) is 48.2 Å². The summed E-state index contributed by atoms with van der Waals surface area (Å²) < 4.78 is 45.5. The van der Waals surface area contributed by atoms with Gasteiger partial charge in [-0.3, -0.25) is 19.8 Å². The highest BCUT2D eigenvalue weighted by atomic mass is 35.5. The molecule has 2 aromatic heterocycles. The fraction of sp³-hybridized carbons (Fsp3) is 0.182. The molecule has 0 spiro atoms. The summed E-state index contributed by atoms with van der Waals surface area (Å²) in [5.41, 5.74) is -0.0108. The van der Waals surface area contributed by atoms with Crippen LogP contribution in [0.2, 0.25) is 15.1 Å². The third-order valence-electron chi connectivity index (χ3n) is 7.68. The van der Waals surface area contributed by atoms with Crippen molar-refractivity contribution in [3.8, 4) is 34.1 Å². The molecular formula is C33H27Cl3N6O8S. The van der Waals surface area contributed by atoms with E-state index < -0.39 is 37.1 Å². The Bertz CT molecular complexity index is 2200. The van der Waals surface area contributed by atoms with Gasteiger partial charge < -0.3 is 19.3 Å². The number of nitro groups is 1. The number of sulfonamides is 1. The zero-order chi connectivity index (χ0) is 36.1. The molecule has 0 atom stereocenters. The molecule has 1 aliphatic rings. The van der Waals surface area contributed by atoms with Crippen molar-refractivity contribution in [1.29, 1.82) is 0 Å². The molecule has 0 bridgehead atoms. The van der Waals surface area contributed by atoms with Crippen molar-refractivity contribution in [3.05, 3.63) is 110 Å². The topological polar surface area (TPSA) is 179 Å². The van der Waals surface area contributed by atoms with Gasteiger partial charge in [0.2, 0.25) is 5.88 Å². The molecule has 14 nitrogen and oxygen atoms in total. The highest BCUT2D eigenvalue weighted by Crippen LogP contribution is 2.38. The van der Waals surface area contributed by atoms with E-state index in [9.17, 15) is 23.3 Å². The highest BCUT2D eigenvalue weighted by Gasteiger charge is 2.30. The summed E-state index contributed by atoms with van der Waals surface area (Å²) in [6.07, 6.45) is 1.41. The molecule has 0 aliphatic carbocycles. The van der Waals surface area contributed by atoms with Crippen molar-refractivity contribution < 1.29 is 32.1 Å². The Kier molecular flexibility index (Phi) is 11.0. The molecule has 3 heterocycles. The fourth-order valence-electron chi connectivity index (χ4n) is 5.17. The van der Waals surface area contributed by atoms with Crippen molar-refractivity contribution >= 4 is 62.1 Å². The minimum atomic E-state index is -4.65. The molecule has 2 N–H and O–H groups in total. The van der Waals surface area contributed by atoms with E-state index in [-0.39, 0.29) is 32.9 Å². The van der Waals surface area contributed by atoms with Crippen LogP contribution in [0.15, 0.2) is 88.4 Å². The van der Waals surface area contributed by atoms with Crippen LogP contribution in [0.4, 0.5) is 11.4 Å². The molecule has 3 aromatic carbocycles. The monoisotopic (exact) mass is 772 g/mol. The summed E-state index contributed by atoms with van der Waals surface area (Å²) in [5, 5.41) is 19.7. The van der Waals surface area contributed by atoms with Crippen LogP contribution in [0.25, 0.3) is 22.5 Å². The molecular weight excluding hydrogens is 747 g/mol. The Hall–Kier alpha value is -4.77. The Morgan fingerprint density at radius 1 is 0.980 bits per heavy atom. The molecule has 1 saturated heterocycles. The summed E-state index contributed by atoms with van der Waals surface area (Å²) in [7, 11) is -4.65. The first-order valence-electron chi connectivity index (χ1n) is 15.2. The number of hydrogen-bond donors (Lipinski definition) is 2. The van der Waals surface area contributed by atoms with Crippen molar-refractivity contribution in [2.75, 3.05) is 44.7 Å². The van der Waals surface area contributed by atoms with Crippen LogP contribution in [-0.4, -0.2) is 73.7 Å². The molecule has 1 amide bonds. The average molecular weight is 774 g/mol. The standard InChI is InChI=1S/C33H27Cl3N6O8S/c34-22-2-1-3-23(17-22)49-29-9-5-21(19-38-29)32-30(20-4-7-25(35)26(36)16-20)31(39-50-32)33(43)40-51(46,47)24-6-8-27(28(18-24)42(44)45)37-10-11-41-12-14-48-15-13-41/h1-9,16-19,37H,10-15H2,(H,40,43). The van der Waals surface area contributed by atoms with E-state index in [1.54, 1.807) is 42.5 Å². The van der Waals surface area contributed by atoms with E-state index in [1.165, 1.54) is 24.4 Å². The van der Waals surface area contributed by atoms with Crippen molar-refractivity contribution in [2.45, 2.75) is 4.90 Å². The summed E-state index contributed by atoms with van der Waals surface area (Å²) in [6, 6.07) is 17.7. The van der Waals surface area contributed by atoms with Crippen LogP contribution in [0.5, 0.6) is 11.6 Å². The molecule has 264 valence electrons. The zero-order valence-corrected chi connectivity index (χ0v) is 29.4. The molecule has 0 saturated carbocycles. The van der Waals surface area contributed by atoms with Gasteiger partial charge in [0, 0.05) is 55.1 Å². The van der Waals surface area contributed by atoms with Gasteiger partial charge in [-0.1, -0.05) is 52.1 Å². The van der Waals surface area contributed by atoms with E-state index in [4.69, 9.17) is 48.8 Å². The minimum absolute atomic E-state index is 0.0564. The lowest BCUT2D eigenvalue weighted by atomic mass is 10.00. The maximum atomic E-state index is 13.6. The first-order chi connectivity index (χ1) is 24.5. The SMILES string of the molecule is O=C(NS(=O)(=O)c1ccc(NCCN2CCOCC2)c([N+](=O)[O-])c1)c1noc(-c2ccc(Oc3cccc(Cl)c3)nc2)c1-c1ccc(Cl)c(Cl)c1. The van der Waals surface area contributed by atoms with Gasteiger partial charge in [0.1, 0.15) is 11.4 Å². The van der Waals surface area contributed by atoms with E-state index in [0.717, 1.165) is 25.2 Å². The van der Waals surface area contributed by atoms with E-state index >= 15 is 0 Å². The number of nitrogens with one attached hydrogen (secondary N) is 2. The second-order valence-corrected chi connectivity index (χ2v) is 14.0. The lowest BCUT2D eigenvalue weighted by molar-refractivity contribution is -0.384. The lowest BCUT2D eigenvalue weighted by Crippen LogP contribution is -2.39. The fourth-order valence-corrected chi connectivity index (χ4v) is 6.62. The quantitative estimate of drug-likeness (QED) is 0.0988. The van der Waals surface area contributed by atoms with Gasteiger partial charge in [-0.05, 0) is 54.1 Å². The Labute approximate surface area is 306 Å². The number of amides is 1. The molecule has 0 unspecified atom stereocenters. The summed E-state index contributed by atoms with van der Waals surface area (Å²) in [5.74, 6) is -0.427. The van der Waals surface area contributed by atoms with E-state index in [1.807, 2.05) is 4.72 Å². The van der Waals surface area contributed by atoms with Crippen molar-refractivity contribution in [2.24, 2.45) is 0 Å². The molecule has 5 aromatic rings. The lowest BCUT2D eigenvalue weighted by Gasteiger charge is -2.26. The number of anilines is 1. The van der Waals surface area contributed by atoms with Crippen LogP contribution in [0.3, 0.4) is 0 Å². The predicted octanol–water partition coefficient (Wildman–Crippen LogP) is 6.93. The van der Waals surface area contributed by atoms with Crippen molar-refractivity contribution in [1.82, 2.24) is 19.8 Å². The third-order valence-corrected chi connectivity index (χ3v) is 9.99.